The van der Waals surface area contributed by atoms with Crippen LogP contribution in [0.2, 0.25) is 0 Å². The van der Waals surface area contributed by atoms with Crippen molar-refractivity contribution in [3.05, 3.63) is 36.5 Å². The summed E-state index contributed by atoms with van der Waals surface area (Å²) in [5.74, 6) is 0.782. The Morgan fingerprint density at radius 1 is 1.00 bits per heavy atom. The molecule has 0 bridgehead atoms. The van der Waals surface area contributed by atoms with E-state index < -0.39 is 11.8 Å². The van der Waals surface area contributed by atoms with Gasteiger partial charge in [-0.3, -0.25) is 4.90 Å². The van der Waals surface area contributed by atoms with Gasteiger partial charge in [-0.2, -0.15) is 4.98 Å². The van der Waals surface area contributed by atoms with Gasteiger partial charge in [0.05, 0.1) is 17.4 Å². The Morgan fingerprint density at radius 2 is 1.81 bits per heavy atom. The minimum Gasteiger partial charge on any atom is -0.424 e. The number of aliphatic hydroxyl groups excluding tert-OH is 1. The Kier molecular flexibility index (Phi) is 4.29. The van der Waals surface area contributed by atoms with Crippen LogP contribution < -0.4 is 16.4 Å². The van der Waals surface area contributed by atoms with Crippen molar-refractivity contribution in [2.75, 3.05) is 36.8 Å². The molecule has 1 aromatic carbocycles. The molecule has 0 radical (unpaired) electrons. The van der Waals surface area contributed by atoms with Gasteiger partial charge in [-0.25, -0.2) is 15.0 Å². The minimum absolute atomic E-state index is 0.144. The SMILES string of the molecule is Nc1nc2cc(-c3ccc4ncc(N5CCN(C(O)C6(N)CC6)CC5)nc4n3)ccc2o1. The van der Waals surface area contributed by atoms with E-state index in [0.29, 0.717) is 16.7 Å². The van der Waals surface area contributed by atoms with Gasteiger partial charge < -0.3 is 25.9 Å². The molecular weight excluding hydrogens is 408 g/mol. The predicted molar refractivity (Wildman–Crippen MR) is 121 cm³/mol. The van der Waals surface area contributed by atoms with E-state index in [9.17, 15) is 5.11 Å². The van der Waals surface area contributed by atoms with E-state index in [0.717, 1.165) is 61.6 Å². The number of hydrogen-bond donors (Lipinski definition) is 3. The van der Waals surface area contributed by atoms with Crippen molar-refractivity contribution in [2.45, 2.75) is 24.6 Å². The largest absolute Gasteiger partial charge is 0.424 e. The summed E-state index contributed by atoms with van der Waals surface area (Å²) >= 11 is 0. The summed E-state index contributed by atoms with van der Waals surface area (Å²) in [4.78, 5) is 22.5. The molecule has 1 aliphatic carbocycles. The molecule has 1 aliphatic heterocycles. The second-order valence-corrected chi connectivity index (χ2v) is 8.63. The Labute approximate surface area is 183 Å². The van der Waals surface area contributed by atoms with Crippen LogP contribution >= 0.6 is 0 Å². The number of anilines is 2. The number of benzene rings is 1. The second kappa shape index (κ2) is 7.09. The van der Waals surface area contributed by atoms with Crippen LogP contribution in [0.25, 0.3) is 33.5 Å². The maximum Gasteiger partial charge on any atom is 0.292 e. The van der Waals surface area contributed by atoms with E-state index in [1.54, 1.807) is 6.20 Å². The second-order valence-electron chi connectivity index (χ2n) is 8.63. The number of hydrogen-bond acceptors (Lipinski definition) is 10. The molecule has 10 heteroatoms. The summed E-state index contributed by atoms with van der Waals surface area (Å²) in [7, 11) is 0. The zero-order valence-electron chi connectivity index (χ0n) is 17.5. The molecule has 3 aromatic heterocycles. The normalized spacial score (nSPS) is 19.5. The highest BCUT2D eigenvalue weighted by Crippen LogP contribution is 2.37. The van der Waals surface area contributed by atoms with Gasteiger partial charge in [0.1, 0.15) is 23.1 Å². The van der Waals surface area contributed by atoms with Gasteiger partial charge in [0, 0.05) is 31.7 Å². The Hall–Kier alpha value is -3.34. The molecule has 1 unspecified atom stereocenters. The van der Waals surface area contributed by atoms with E-state index in [-0.39, 0.29) is 6.01 Å². The number of pyridine rings is 1. The van der Waals surface area contributed by atoms with Crippen molar-refractivity contribution in [2.24, 2.45) is 5.73 Å². The van der Waals surface area contributed by atoms with Crippen LogP contribution in [0.1, 0.15) is 12.8 Å². The Balaban J connectivity index is 1.24. The summed E-state index contributed by atoms with van der Waals surface area (Å²) in [6.45, 7) is 2.96. The van der Waals surface area contributed by atoms with Crippen LogP contribution in [0.4, 0.5) is 11.8 Å². The fraction of sp³-hybridized carbons (Fsp3) is 0.364. The lowest BCUT2D eigenvalue weighted by atomic mass is 10.1. The molecule has 1 atom stereocenters. The standard InChI is InChI=1S/C22H24N8O2/c23-21-27-16-11-13(1-4-17(16)32-21)14-2-3-15-19(26-14)28-18(12-25-15)29-7-9-30(10-8-29)20(31)22(24)5-6-22/h1-4,11-12,20,31H,5-10,24H2,(H2,23,27). The smallest absolute Gasteiger partial charge is 0.292 e. The summed E-state index contributed by atoms with van der Waals surface area (Å²) in [6, 6.07) is 9.64. The lowest BCUT2D eigenvalue weighted by Crippen LogP contribution is -2.57. The average Bonchev–Trinajstić information content (AvgIpc) is 3.46. The van der Waals surface area contributed by atoms with Crippen LogP contribution in [-0.4, -0.2) is 67.9 Å². The quantitative estimate of drug-likeness (QED) is 0.432. The maximum atomic E-state index is 10.5. The number of fused-ring (bicyclic) bond motifs is 2. The molecule has 4 aromatic rings. The predicted octanol–water partition coefficient (Wildman–Crippen LogP) is 1.35. The molecule has 5 N–H and O–H groups in total. The molecule has 0 spiro atoms. The van der Waals surface area contributed by atoms with Gasteiger partial charge in [0.15, 0.2) is 11.2 Å². The fourth-order valence-electron chi connectivity index (χ4n) is 4.27. The zero-order valence-corrected chi connectivity index (χ0v) is 17.5. The van der Waals surface area contributed by atoms with Gasteiger partial charge >= 0.3 is 0 Å². The summed E-state index contributed by atoms with van der Waals surface area (Å²) < 4.78 is 5.35. The molecule has 4 heterocycles. The molecule has 0 amide bonds. The van der Waals surface area contributed by atoms with Crippen LogP contribution in [0.15, 0.2) is 40.9 Å². The molecule has 164 valence electrons. The van der Waals surface area contributed by atoms with Crippen molar-refractivity contribution in [1.29, 1.82) is 0 Å². The first kappa shape index (κ1) is 19.4. The highest BCUT2D eigenvalue weighted by molar-refractivity contribution is 5.82. The number of oxazole rings is 1. The van der Waals surface area contributed by atoms with Crippen molar-refractivity contribution in [1.82, 2.24) is 24.8 Å². The van der Waals surface area contributed by atoms with Gasteiger partial charge in [-0.1, -0.05) is 0 Å². The van der Waals surface area contributed by atoms with Crippen LogP contribution in [0.5, 0.6) is 0 Å². The first-order valence-corrected chi connectivity index (χ1v) is 10.7. The third-order valence-corrected chi connectivity index (χ3v) is 6.42. The number of nitrogen functional groups attached to an aromatic ring is 1. The average molecular weight is 432 g/mol. The Bertz CT molecular complexity index is 1310. The zero-order chi connectivity index (χ0) is 21.9. The first-order valence-electron chi connectivity index (χ1n) is 10.7. The Morgan fingerprint density at radius 3 is 2.59 bits per heavy atom. The highest BCUT2D eigenvalue weighted by Gasteiger charge is 2.48. The van der Waals surface area contributed by atoms with Crippen molar-refractivity contribution in [3.8, 4) is 11.3 Å². The van der Waals surface area contributed by atoms with E-state index in [1.165, 1.54) is 0 Å². The van der Waals surface area contributed by atoms with Crippen LogP contribution in [-0.2, 0) is 0 Å². The van der Waals surface area contributed by atoms with E-state index in [4.69, 9.17) is 25.9 Å². The number of aliphatic hydroxyl groups is 1. The monoisotopic (exact) mass is 432 g/mol. The van der Waals surface area contributed by atoms with Crippen molar-refractivity contribution >= 4 is 34.1 Å². The number of aromatic nitrogens is 4. The van der Waals surface area contributed by atoms with Crippen molar-refractivity contribution < 1.29 is 9.52 Å². The van der Waals surface area contributed by atoms with Crippen molar-refractivity contribution in [3.63, 3.8) is 0 Å². The van der Waals surface area contributed by atoms with Crippen LogP contribution in [0.3, 0.4) is 0 Å². The molecule has 10 nitrogen and oxygen atoms in total. The molecule has 6 rings (SSSR count). The topological polar surface area (TPSA) is 143 Å². The fourth-order valence-corrected chi connectivity index (χ4v) is 4.27. The number of nitrogens with two attached hydrogens (primary N) is 2. The lowest BCUT2D eigenvalue weighted by molar-refractivity contribution is -0.0257. The van der Waals surface area contributed by atoms with E-state index in [2.05, 4.69) is 19.8 Å². The maximum absolute atomic E-state index is 10.5. The van der Waals surface area contributed by atoms with Gasteiger partial charge in [-0.15, -0.1) is 0 Å². The molecule has 32 heavy (non-hydrogen) atoms. The molecule has 2 aliphatic rings. The number of piperazine rings is 1. The summed E-state index contributed by atoms with van der Waals surface area (Å²) in [5, 5.41) is 10.5. The number of rotatable bonds is 4. The van der Waals surface area contributed by atoms with Crippen LogP contribution in [0, 0.1) is 0 Å². The van der Waals surface area contributed by atoms with E-state index >= 15 is 0 Å². The highest BCUT2D eigenvalue weighted by atomic mass is 16.4. The number of nitrogens with zero attached hydrogens (tertiary/aromatic N) is 6. The third kappa shape index (κ3) is 3.32. The van der Waals surface area contributed by atoms with Gasteiger partial charge in [-0.05, 0) is 43.2 Å². The summed E-state index contributed by atoms with van der Waals surface area (Å²) in [5.41, 5.74) is 15.7. The molecule has 1 saturated carbocycles. The molecule has 1 saturated heterocycles. The lowest BCUT2D eigenvalue weighted by Gasteiger charge is -2.39. The molecular formula is C22H24N8O2. The van der Waals surface area contributed by atoms with Gasteiger partial charge in [0.2, 0.25) is 0 Å². The van der Waals surface area contributed by atoms with Gasteiger partial charge in [0.25, 0.3) is 6.01 Å². The summed E-state index contributed by atoms with van der Waals surface area (Å²) in [6.07, 6.45) is 2.98. The third-order valence-electron chi connectivity index (χ3n) is 6.42. The minimum atomic E-state index is -0.575. The first-order chi connectivity index (χ1) is 15.5. The van der Waals surface area contributed by atoms with E-state index in [1.807, 2.05) is 30.3 Å². The molecule has 2 fully saturated rings.